The van der Waals surface area contributed by atoms with E-state index in [2.05, 4.69) is 5.32 Å². The molecule has 2 aromatic carbocycles. The van der Waals surface area contributed by atoms with Gasteiger partial charge in [0.25, 0.3) is 0 Å². The van der Waals surface area contributed by atoms with Crippen molar-refractivity contribution in [3.63, 3.8) is 0 Å². The molecule has 1 atom stereocenters. The van der Waals surface area contributed by atoms with E-state index in [1.54, 1.807) is 43.3 Å². The van der Waals surface area contributed by atoms with Gasteiger partial charge in [-0.1, -0.05) is 68.8 Å². The summed E-state index contributed by atoms with van der Waals surface area (Å²) in [6.45, 7) is 7.62. The minimum absolute atomic E-state index is 0.0495. The number of hydrogen-bond donors (Lipinski definition) is 1. The lowest BCUT2D eigenvalue weighted by Crippen LogP contribution is -2.52. The Morgan fingerprint density at radius 1 is 1.03 bits per heavy atom. The smallest absolute Gasteiger partial charge is 0.244 e. The normalized spacial score (nSPS) is 12.3. The topological polar surface area (TPSA) is 86.8 Å². The molecule has 0 aliphatic carbocycles. The summed E-state index contributed by atoms with van der Waals surface area (Å²) < 4.78 is 26.7. The molecule has 2 amide bonds. The quantitative estimate of drug-likeness (QED) is 0.494. The molecule has 0 aliphatic rings. The molecule has 0 aromatic heterocycles. The highest BCUT2D eigenvalue weighted by Crippen LogP contribution is 2.29. The molecular weight excluding hydrogens is 474 g/mol. The van der Waals surface area contributed by atoms with E-state index in [9.17, 15) is 18.0 Å². The zero-order chi connectivity index (χ0) is 25.5. The SMILES string of the molecule is CCNC(=O)C(CC)N(Cc1ccccc1Cl)C(=O)CN(c1ccccc1C(C)C)S(C)(=O)=O. The highest BCUT2D eigenvalue weighted by Gasteiger charge is 2.32. The van der Waals surface area contributed by atoms with Crippen molar-refractivity contribution in [2.45, 2.75) is 52.6 Å². The van der Waals surface area contributed by atoms with Crippen LogP contribution in [0.4, 0.5) is 5.69 Å². The Bertz CT molecular complexity index is 1100. The predicted molar refractivity (Wildman–Crippen MR) is 137 cm³/mol. The molecule has 0 saturated heterocycles. The summed E-state index contributed by atoms with van der Waals surface area (Å²) in [6, 6.07) is 13.5. The van der Waals surface area contributed by atoms with E-state index in [0.717, 1.165) is 16.1 Å². The van der Waals surface area contributed by atoms with Crippen LogP contribution >= 0.6 is 11.6 Å². The number of hydrogen-bond acceptors (Lipinski definition) is 4. The standard InChI is InChI=1S/C25H34ClN3O4S/c1-6-22(25(31)27-7-2)28(16-19-12-8-10-14-21(19)26)24(30)17-29(34(5,32)33)23-15-11-9-13-20(23)18(3)4/h8-15,18,22H,6-7,16-17H2,1-5H3,(H,27,31). The third kappa shape index (κ3) is 6.96. The second kappa shape index (κ2) is 12.2. The van der Waals surface area contributed by atoms with Gasteiger partial charge in [0.1, 0.15) is 12.6 Å². The lowest BCUT2D eigenvalue weighted by Gasteiger charge is -2.33. The van der Waals surface area contributed by atoms with Gasteiger partial charge in [-0.25, -0.2) is 8.42 Å². The molecule has 1 N–H and O–H groups in total. The number of carbonyl (C=O) groups is 2. The van der Waals surface area contributed by atoms with Crippen LogP contribution in [-0.4, -0.2) is 50.5 Å². The van der Waals surface area contributed by atoms with Gasteiger partial charge in [-0.15, -0.1) is 0 Å². The van der Waals surface area contributed by atoms with Gasteiger partial charge in [0.05, 0.1) is 11.9 Å². The first-order valence-electron chi connectivity index (χ1n) is 11.4. The third-order valence-corrected chi connectivity index (χ3v) is 7.04. The fraction of sp³-hybridized carbons (Fsp3) is 0.440. The zero-order valence-corrected chi connectivity index (χ0v) is 22.0. The summed E-state index contributed by atoms with van der Waals surface area (Å²) in [5.74, 6) is -0.727. The molecule has 0 aliphatic heterocycles. The lowest BCUT2D eigenvalue weighted by molar-refractivity contribution is -0.140. The van der Waals surface area contributed by atoms with Crippen LogP contribution in [0.25, 0.3) is 0 Å². The molecule has 1 unspecified atom stereocenters. The first kappa shape index (κ1) is 27.7. The Balaban J connectivity index is 2.51. The number of benzene rings is 2. The van der Waals surface area contributed by atoms with Gasteiger partial charge in [0, 0.05) is 18.1 Å². The van der Waals surface area contributed by atoms with Crippen molar-refractivity contribution < 1.29 is 18.0 Å². The van der Waals surface area contributed by atoms with Gasteiger partial charge in [0.2, 0.25) is 21.8 Å². The van der Waals surface area contributed by atoms with Crippen LogP contribution in [0.2, 0.25) is 5.02 Å². The molecular formula is C25H34ClN3O4S. The third-order valence-electron chi connectivity index (χ3n) is 5.54. The Morgan fingerprint density at radius 2 is 1.65 bits per heavy atom. The maximum Gasteiger partial charge on any atom is 0.244 e. The molecule has 0 heterocycles. The molecule has 0 saturated carbocycles. The van der Waals surface area contributed by atoms with Crippen molar-refractivity contribution in [3.05, 3.63) is 64.7 Å². The van der Waals surface area contributed by atoms with Gasteiger partial charge in [-0.2, -0.15) is 0 Å². The first-order valence-corrected chi connectivity index (χ1v) is 13.6. The zero-order valence-electron chi connectivity index (χ0n) is 20.4. The molecule has 34 heavy (non-hydrogen) atoms. The Kier molecular flexibility index (Phi) is 9.94. The Hall–Kier alpha value is -2.58. The largest absolute Gasteiger partial charge is 0.355 e. The molecule has 186 valence electrons. The van der Waals surface area contributed by atoms with E-state index < -0.39 is 28.5 Å². The van der Waals surface area contributed by atoms with E-state index in [1.807, 2.05) is 32.9 Å². The minimum atomic E-state index is -3.79. The number of nitrogens with zero attached hydrogens (tertiary/aromatic N) is 2. The van der Waals surface area contributed by atoms with E-state index in [4.69, 9.17) is 11.6 Å². The molecule has 2 rings (SSSR count). The molecule has 2 aromatic rings. The monoisotopic (exact) mass is 507 g/mol. The van der Waals surface area contributed by atoms with Crippen LogP contribution in [-0.2, 0) is 26.2 Å². The van der Waals surface area contributed by atoms with Gasteiger partial charge >= 0.3 is 0 Å². The number of para-hydroxylation sites is 1. The van der Waals surface area contributed by atoms with Crippen LogP contribution < -0.4 is 9.62 Å². The van der Waals surface area contributed by atoms with Crippen LogP contribution in [0, 0.1) is 0 Å². The van der Waals surface area contributed by atoms with Crippen molar-refractivity contribution in [3.8, 4) is 0 Å². The van der Waals surface area contributed by atoms with Crippen LogP contribution in [0.1, 0.15) is 51.2 Å². The summed E-state index contributed by atoms with van der Waals surface area (Å²) in [5, 5.41) is 3.24. The maximum absolute atomic E-state index is 13.7. The molecule has 0 fully saturated rings. The summed E-state index contributed by atoms with van der Waals surface area (Å²) >= 11 is 6.35. The molecule has 7 nitrogen and oxygen atoms in total. The van der Waals surface area contributed by atoms with Crippen LogP contribution in [0.3, 0.4) is 0 Å². The van der Waals surface area contributed by atoms with E-state index in [1.165, 1.54) is 4.90 Å². The van der Waals surface area contributed by atoms with Crippen molar-refractivity contribution in [1.29, 1.82) is 0 Å². The number of nitrogens with one attached hydrogen (secondary N) is 1. The minimum Gasteiger partial charge on any atom is -0.355 e. The number of sulfonamides is 1. The average Bonchev–Trinajstić information content (AvgIpc) is 2.77. The number of halogens is 1. The van der Waals surface area contributed by atoms with Crippen LogP contribution in [0.5, 0.6) is 0 Å². The van der Waals surface area contributed by atoms with Gasteiger partial charge in [-0.3, -0.25) is 13.9 Å². The Morgan fingerprint density at radius 3 is 2.21 bits per heavy atom. The van der Waals surface area contributed by atoms with Crippen molar-refractivity contribution >= 4 is 39.1 Å². The summed E-state index contributed by atoms with van der Waals surface area (Å²) in [6.07, 6.45) is 1.44. The Labute approximate surface area is 208 Å². The summed E-state index contributed by atoms with van der Waals surface area (Å²) in [7, 11) is -3.79. The summed E-state index contributed by atoms with van der Waals surface area (Å²) in [5.41, 5.74) is 1.94. The number of amides is 2. The van der Waals surface area contributed by atoms with E-state index >= 15 is 0 Å². The van der Waals surface area contributed by atoms with E-state index in [0.29, 0.717) is 29.2 Å². The predicted octanol–water partition coefficient (Wildman–Crippen LogP) is 4.17. The maximum atomic E-state index is 13.7. The second-order valence-electron chi connectivity index (χ2n) is 8.41. The highest BCUT2D eigenvalue weighted by molar-refractivity contribution is 7.92. The fourth-order valence-electron chi connectivity index (χ4n) is 3.82. The van der Waals surface area contributed by atoms with E-state index in [-0.39, 0.29) is 18.4 Å². The molecule has 9 heteroatoms. The summed E-state index contributed by atoms with van der Waals surface area (Å²) in [4.78, 5) is 27.9. The number of likely N-dealkylation sites (N-methyl/N-ethyl adjacent to an activating group) is 1. The van der Waals surface area contributed by atoms with Gasteiger partial charge in [-0.05, 0) is 42.5 Å². The van der Waals surface area contributed by atoms with Crippen molar-refractivity contribution in [2.75, 3.05) is 23.7 Å². The lowest BCUT2D eigenvalue weighted by atomic mass is 10.0. The molecule has 0 bridgehead atoms. The number of anilines is 1. The first-order chi connectivity index (χ1) is 16.0. The van der Waals surface area contributed by atoms with Crippen molar-refractivity contribution in [2.24, 2.45) is 0 Å². The molecule has 0 spiro atoms. The second-order valence-corrected chi connectivity index (χ2v) is 10.7. The fourth-order valence-corrected chi connectivity index (χ4v) is 4.88. The number of carbonyl (C=O) groups excluding carboxylic acids is 2. The molecule has 0 radical (unpaired) electrons. The number of rotatable bonds is 11. The average molecular weight is 508 g/mol. The highest BCUT2D eigenvalue weighted by atomic mass is 35.5. The van der Waals surface area contributed by atoms with Gasteiger partial charge in [0.15, 0.2) is 0 Å². The van der Waals surface area contributed by atoms with Crippen molar-refractivity contribution in [1.82, 2.24) is 10.2 Å². The van der Waals surface area contributed by atoms with Crippen LogP contribution in [0.15, 0.2) is 48.5 Å². The van der Waals surface area contributed by atoms with Gasteiger partial charge < -0.3 is 10.2 Å².